The number of nitrogens with zero attached hydrogens (tertiary/aromatic N) is 4. The van der Waals surface area contributed by atoms with Gasteiger partial charge in [0.25, 0.3) is 5.88 Å². The number of likely N-dealkylation sites (tertiary alicyclic amines) is 1. The van der Waals surface area contributed by atoms with Crippen LogP contribution in [0.4, 0.5) is 0 Å². The number of para-hydroxylation sites is 1. The summed E-state index contributed by atoms with van der Waals surface area (Å²) in [4.78, 5) is 2.27. The van der Waals surface area contributed by atoms with Crippen LogP contribution in [0.3, 0.4) is 0 Å². The lowest BCUT2D eigenvalue weighted by Gasteiger charge is -2.33. The molecule has 1 aliphatic heterocycles. The van der Waals surface area contributed by atoms with Crippen molar-refractivity contribution in [2.24, 2.45) is 5.92 Å². The van der Waals surface area contributed by atoms with Crippen LogP contribution in [0, 0.1) is 5.92 Å². The van der Waals surface area contributed by atoms with Gasteiger partial charge in [-0.25, -0.2) is 4.68 Å². The van der Waals surface area contributed by atoms with E-state index in [1.165, 1.54) is 0 Å². The van der Waals surface area contributed by atoms with Gasteiger partial charge in [-0.1, -0.05) is 28.5 Å². The number of hydrogen-bond donors (Lipinski definition) is 2. The van der Waals surface area contributed by atoms with E-state index in [0.717, 1.165) is 31.6 Å². The third kappa shape index (κ3) is 3.13. The number of rotatable bonds is 4. The van der Waals surface area contributed by atoms with Crippen LogP contribution < -0.4 is 0 Å². The Morgan fingerprint density at radius 2 is 1.91 bits per heavy atom. The molecular formula is C16H22N4O2. The second-order valence-electron chi connectivity index (χ2n) is 5.96. The molecule has 0 radical (unpaired) electrons. The summed E-state index contributed by atoms with van der Waals surface area (Å²) in [5.41, 5.74) is 1.60. The zero-order valence-electron chi connectivity index (χ0n) is 12.8. The largest absolute Gasteiger partial charge is 0.491 e. The van der Waals surface area contributed by atoms with Gasteiger partial charge in [0.2, 0.25) is 0 Å². The Morgan fingerprint density at radius 1 is 1.23 bits per heavy atom. The smallest absolute Gasteiger partial charge is 0.256 e. The van der Waals surface area contributed by atoms with Crippen molar-refractivity contribution >= 4 is 0 Å². The maximum Gasteiger partial charge on any atom is 0.256 e. The molecule has 1 aliphatic rings. The van der Waals surface area contributed by atoms with E-state index in [-0.39, 0.29) is 12.0 Å². The summed E-state index contributed by atoms with van der Waals surface area (Å²) in [5.74, 6) is 0.364. The summed E-state index contributed by atoms with van der Waals surface area (Å²) >= 11 is 0. The highest BCUT2D eigenvalue weighted by Crippen LogP contribution is 2.24. The molecule has 0 bridgehead atoms. The van der Waals surface area contributed by atoms with Gasteiger partial charge in [0.15, 0.2) is 0 Å². The molecule has 6 heteroatoms. The Labute approximate surface area is 130 Å². The number of benzene rings is 1. The van der Waals surface area contributed by atoms with E-state index in [9.17, 15) is 10.2 Å². The van der Waals surface area contributed by atoms with Crippen molar-refractivity contribution in [2.45, 2.75) is 32.4 Å². The normalized spacial score (nSPS) is 18.5. The first-order valence-electron chi connectivity index (χ1n) is 7.74. The van der Waals surface area contributed by atoms with Gasteiger partial charge in [-0.15, -0.1) is 0 Å². The van der Waals surface area contributed by atoms with Gasteiger partial charge in [0.05, 0.1) is 11.8 Å². The number of hydrogen-bond acceptors (Lipinski definition) is 5. The van der Waals surface area contributed by atoms with Gasteiger partial charge in [-0.3, -0.25) is 4.90 Å². The van der Waals surface area contributed by atoms with Crippen LogP contribution >= 0.6 is 0 Å². The summed E-state index contributed by atoms with van der Waals surface area (Å²) in [6, 6.07) is 9.70. The van der Waals surface area contributed by atoms with E-state index in [4.69, 9.17) is 0 Å². The zero-order chi connectivity index (χ0) is 15.5. The highest BCUT2D eigenvalue weighted by atomic mass is 16.3. The molecule has 1 fully saturated rings. The number of piperidine rings is 1. The van der Waals surface area contributed by atoms with Gasteiger partial charge in [-0.05, 0) is 50.9 Å². The van der Waals surface area contributed by atoms with E-state index in [1.54, 1.807) is 4.68 Å². The van der Waals surface area contributed by atoms with Crippen LogP contribution in [0.25, 0.3) is 5.69 Å². The third-order valence-electron chi connectivity index (χ3n) is 4.43. The maximum absolute atomic E-state index is 10.0. The molecule has 22 heavy (non-hydrogen) atoms. The Hall–Kier alpha value is -1.92. The molecule has 0 aliphatic carbocycles. The minimum Gasteiger partial charge on any atom is -0.491 e. The van der Waals surface area contributed by atoms with Crippen LogP contribution in [-0.4, -0.2) is 49.3 Å². The molecule has 1 saturated heterocycles. The van der Waals surface area contributed by atoms with Crippen LogP contribution in [0.15, 0.2) is 30.3 Å². The van der Waals surface area contributed by atoms with Crippen LogP contribution in [0.5, 0.6) is 5.88 Å². The maximum atomic E-state index is 10.0. The fraction of sp³-hybridized carbons (Fsp3) is 0.500. The highest BCUT2D eigenvalue weighted by molar-refractivity contribution is 5.34. The van der Waals surface area contributed by atoms with Gasteiger partial charge >= 0.3 is 0 Å². The molecule has 1 aromatic carbocycles. The number of aromatic nitrogens is 3. The van der Waals surface area contributed by atoms with Crippen molar-refractivity contribution in [1.29, 1.82) is 0 Å². The van der Waals surface area contributed by atoms with Crippen molar-refractivity contribution in [1.82, 2.24) is 19.9 Å². The van der Waals surface area contributed by atoms with E-state index in [2.05, 4.69) is 15.2 Å². The molecule has 118 valence electrons. The van der Waals surface area contributed by atoms with Crippen molar-refractivity contribution in [3.63, 3.8) is 0 Å². The molecule has 6 nitrogen and oxygen atoms in total. The summed E-state index contributed by atoms with van der Waals surface area (Å²) < 4.78 is 1.69. The second-order valence-corrected chi connectivity index (χ2v) is 5.96. The Balaban J connectivity index is 1.73. The molecule has 2 N–H and O–H groups in total. The molecular weight excluding hydrogens is 280 g/mol. The van der Waals surface area contributed by atoms with Crippen LogP contribution in [-0.2, 0) is 6.54 Å². The van der Waals surface area contributed by atoms with E-state index in [1.807, 2.05) is 37.3 Å². The fourth-order valence-corrected chi connectivity index (χ4v) is 3.01. The first-order valence-corrected chi connectivity index (χ1v) is 7.74. The van der Waals surface area contributed by atoms with Crippen molar-refractivity contribution in [2.75, 3.05) is 13.1 Å². The molecule has 2 heterocycles. The molecule has 0 amide bonds. The summed E-state index contributed by atoms with van der Waals surface area (Å²) in [7, 11) is 0. The average molecular weight is 302 g/mol. The predicted molar refractivity (Wildman–Crippen MR) is 82.7 cm³/mol. The Morgan fingerprint density at radius 3 is 2.55 bits per heavy atom. The molecule has 1 aromatic heterocycles. The lowest BCUT2D eigenvalue weighted by atomic mass is 9.92. The summed E-state index contributed by atoms with van der Waals surface area (Å²) in [5, 5.41) is 27.5. The van der Waals surface area contributed by atoms with Crippen LogP contribution in [0.1, 0.15) is 25.5 Å². The van der Waals surface area contributed by atoms with Crippen LogP contribution in [0.2, 0.25) is 0 Å². The predicted octanol–water partition coefficient (Wildman–Crippen LogP) is 1.57. The molecule has 0 saturated carbocycles. The SMILES string of the molecule is CC(O)C1CCN(Cc2c(O)nnn2-c2ccccc2)CC1. The fourth-order valence-electron chi connectivity index (χ4n) is 3.01. The van der Waals surface area contributed by atoms with Gasteiger partial charge in [-0.2, -0.15) is 0 Å². The minimum atomic E-state index is -0.243. The molecule has 3 rings (SSSR count). The molecule has 0 spiro atoms. The number of aromatic hydroxyl groups is 1. The van der Waals surface area contributed by atoms with Crippen molar-refractivity contribution < 1.29 is 10.2 Å². The van der Waals surface area contributed by atoms with Crippen molar-refractivity contribution in [3.8, 4) is 11.6 Å². The lowest BCUT2D eigenvalue weighted by Crippen LogP contribution is -2.37. The van der Waals surface area contributed by atoms with Crippen molar-refractivity contribution in [3.05, 3.63) is 36.0 Å². The number of aliphatic hydroxyl groups excluding tert-OH is 1. The third-order valence-corrected chi connectivity index (χ3v) is 4.43. The minimum absolute atomic E-state index is 0.0125. The van der Waals surface area contributed by atoms with Gasteiger partial charge in [0, 0.05) is 6.54 Å². The number of aliphatic hydroxyl groups is 1. The zero-order valence-corrected chi connectivity index (χ0v) is 12.8. The van der Waals surface area contributed by atoms with E-state index >= 15 is 0 Å². The second kappa shape index (κ2) is 6.46. The average Bonchev–Trinajstić information content (AvgIpc) is 2.90. The summed E-state index contributed by atoms with van der Waals surface area (Å²) in [6.07, 6.45) is 1.71. The molecule has 1 atom stereocenters. The van der Waals surface area contributed by atoms with E-state index < -0.39 is 0 Å². The van der Waals surface area contributed by atoms with Gasteiger partial charge in [0.1, 0.15) is 5.69 Å². The topological polar surface area (TPSA) is 74.4 Å². The summed E-state index contributed by atoms with van der Waals surface area (Å²) in [6.45, 7) is 4.30. The first-order chi connectivity index (χ1) is 10.6. The quantitative estimate of drug-likeness (QED) is 0.896. The Kier molecular flexibility index (Phi) is 4.40. The lowest BCUT2D eigenvalue weighted by molar-refractivity contribution is 0.0686. The monoisotopic (exact) mass is 302 g/mol. The van der Waals surface area contributed by atoms with E-state index in [0.29, 0.717) is 18.2 Å². The first kappa shape index (κ1) is 15.0. The standard InChI is InChI=1S/C16H22N4O2/c1-12(21)13-7-9-19(10-8-13)11-15-16(22)17-18-20(15)14-5-3-2-4-6-14/h2-6,12-13,21-22H,7-11H2,1H3. The Bertz CT molecular complexity index is 604. The molecule has 1 unspecified atom stereocenters. The molecule has 2 aromatic rings. The van der Waals surface area contributed by atoms with Gasteiger partial charge < -0.3 is 10.2 Å². The highest BCUT2D eigenvalue weighted by Gasteiger charge is 2.24.